The first-order valence-electron chi connectivity index (χ1n) is 5.76. The molecular weight excluding hydrogens is 307 g/mol. The van der Waals surface area contributed by atoms with Crippen LogP contribution in [0.15, 0.2) is 30.3 Å². The van der Waals surface area contributed by atoms with E-state index < -0.39 is 17.4 Å². The van der Waals surface area contributed by atoms with Gasteiger partial charge in [0.25, 0.3) is 0 Å². The van der Waals surface area contributed by atoms with Crippen molar-refractivity contribution >= 4 is 23.2 Å². The van der Waals surface area contributed by atoms with Crippen LogP contribution in [0.4, 0.5) is 8.78 Å². The number of hydrogen-bond donors (Lipinski definition) is 1. The predicted molar refractivity (Wildman–Crippen MR) is 75.7 cm³/mol. The number of benzene rings is 2. The molecule has 2 rings (SSSR count). The van der Waals surface area contributed by atoms with Gasteiger partial charge in [-0.25, -0.2) is 8.78 Å². The van der Waals surface area contributed by atoms with Crippen LogP contribution in [0.25, 0.3) is 0 Å². The van der Waals surface area contributed by atoms with E-state index in [9.17, 15) is 8.78 Å². The van der Waals surface area contributed by atoms with Crippen molar-refractivity contribution in [3.8, 4) is 11.5 Å². The van der Waals surface area contributed by atoms with E-state index in [2.05, 4.69) is 5.32 Å². The van der Waals surface area contributed by atoms with Crippen LogP contribution in [-0.2, 0) is 6.54 Å². The molecule has 0 heterocycles. The minimum atomic E-state index is -0.790. The SMILES string of the molecule is CNCc1cc(F)c(Oc2ccc(Cl)cc2Cl)c(F)c1. The average Bonchev–Trinajstić information content (AvgIpc) is 2.36. The van der Waals surface area contributed by atoms with E-state index in [4.69, 9.17) is 27.9 Å². The third-order valence-electron chi connectivity index (χ3n) is 2.54. The molecule has 0 aliphatic heterocycles. The fourth-order valence-corrected chi connectivity index (χ4v) is 2.13. The van der Waals surface area contributed by atoms with Gasteiger partial charge >= 0.3 is 0 Å². The molecule has 0 saturated carbocycles. The monoisotopic (exact) mass is 317 g/mol. The maximum Gasteiger partial charge on any atom is 0.198 e. The summed E-state index contributed by atoms with van der Waals surface area (Å²) >= 11 is 11.6. The Labute approximate surface area is 125 Å². The number of halogens is 4. The van der Waals surface area contributed by atoms with Gasteiger partial charge in [-0.15, -0.1) is 0 Å². The highest BCUT2D eigenvalue weighted by atomic mass is 35.5. The molecule has 1 N–H and O–H groups in total. The van der Waals surface area contributed by atoms with Crippen LogP contribution in [0.5, 0.6) is 11.5 Å². The zero-order valence-electron chi connectivity index (χ0n) is 10.5. The topological polar surface area (TPSA) is 21.3 Å². The summed E-state index contributed by atoms with van der Waals surface area (Å²) in [5.41, 5.74) is 0.483. The van der Waals surface area contributed by atoms with Gasteiger partial charge in [0.15, 0.2) is 17.4 Å². The van der Waals surface area contributed by atoms with Gasteiger partial charge < -0.3 is 10.1 Å². The lowest BCUT2D eigenvalue weighted by Gasteiger charge is -2.11. The lowest BCUT2D eigenvalue weighted by Crippen LogP contribution is -2.06. The highest BCUT2D eigenvalue weighted by Gasteiger charge is 2.15. The summed E-state index contributed by atoms with van der Waals surface area (Å²) < 4.78 is 32.9. The van der Waals surface area contributed by atoms with Crippen LogP contribution in [0, 0.1) is 11.6 Å². The first-order valence-corrected chi connectivity index (χ1v) is 6.52. The van der Waals surface area contributed by atoms with Crippen molar-refractivity contribution in [1.82, 2.24) is 5.32 Å². The molecule has 0 aromatic heterocycles. The van der Waals surface area contributed by atoms with Crippen molar-refractivity contribution in [3.05, 3.63) is 57.6 Å². The normalized spacial score (nSPS) is 10.7. The summed E-state index contributed by atoms with van der Waals surface area (Å²) in [7, 11) is 1.69. The van der Waals surface area contributed by atoms with Crippen molar-refractivity contribution < 1.29 is 13.5 Å². The molecule has 2 aromatic rings. The lowest BCUT2D eigenvalue weighted by atomic mass is 10.2. The van der Waals surface area contributed by atoms with Crippen molar-refractivity contribution in [3.63, 3.8) is 0 Å². The third-order valence-corrected chi connectivity index (χ3v) is 3.08. The molecule has 0 aliphatic rings. The van der Waals surface area contributed by atoms with Gasteiger partial charge in [-0.2, -0.15) is 0 Å². The third kappa shape index (κ3) is 3.39. The van der Waals surface area contributed by atoms with E-state index in [-0.39, 0.29) is 10.8 Å². The first-order chi connectivity index (χ1) is 9.51. The molecule has 6 heteroatoms. The zero-order chi connectivity index (χ0) is 14.7. The second-order valence-corrected chi connectivity index (χ2v) is 4.94. The Hall–Kier alpha value is -1.36. The van der Waals surface area contributed by atoms with E-state index in [0.717, 1.165) is 0 Å². The predicted octanol–water partition coefficient (Wildman–Crippen LogP) is 4.78. The molecular formula is C14H11Cl2F2NO. The maximum absolute atomic E-state index is 13.9. The van der Waals surface area contributed by atoms with Crippen molar-refractivity contribution in [2.75, 3.05) is 7.05 Å². The van der Waals surface area contributed by atoms with Crippen LogP contribution in [0.3, 0.4) is 0 Å². The molecule has 0 radical (unpaired) electrons. The average molecular weight is 318 g/mol. The van der Waals surface area contributed by atoms with Gasteiger partial charge in [-0.3, -0.25) is 0 Å². The number of hydrogen-bond acceptors (Lipinski definition) is 2. The molecule has 106 valence electrons. The Kier molecular flexibility index (Phi) is 4.81. The van der Waals surface area contributed by atoms with E-state index >= 15 is 0 Å². The zero-order valence-corrected chi connectivity index (χ0v) is 12.0. The van der Waals surface area contributed by atoms with Crippen LogP contribution < -0.4 is 10.1 Å². The minimum Gasteiger partial charge on any atom is -0.450 e. The fraction of sp³-hybridized carbons (Fsp3) is 0.143. The Balaban J connectivity index is 2.33. The summed E-state index contributed by atoms with van der Waals surface area (Å²) in [4.78, 5) is 0. The highest BCUT2D eigenvalue weighted by molar-refractivity contribution is 6.35. The molecule has 0 spiro atoms. The van der Waals surface area contributed by atoms with Gasteiger partial charge in [-0.05, 0) is 42.9 Å². The van der Waals surface area contributed by atoms with Gasteiger partial charge in [0.2, 0.25) is 0 Å². The Bertz CT molecular complexity index is 612. The van der Waals surface area contributed by atoms with Crippen LogP contribution >= 0.6 is 23.2 Å². The maximum atomic E-state index is 13.9. The molecule has 0 aliphatic carbocycles. The summed E-state index contributed by atoms with van der Waals surface area (Å²) in [5.74, 6) is -1.94. The molecule has 0 amide bonds. The number of rotatable bonds is 4. The van der Waals surface area contributed by atoms with Crippen LogP contribution in [-0.4, -0.2) is 7.05 Å². The van der Waals surface area contributed by atoms with Crippen molar-refractivity contribution in [1.29, 1.82) is 0 Å². The highest BCUT2D eigenvalue weighted by Crippen LogP contribution is 2.34. The largest absolute Gasteiger partial charge is 0.450 e. The lowest BCUT2D eigenvalue weighted by molar-refractivity contribution is 0.406. The van der Waals surface area contributed by atoms with Crippen LogP contribution in [0.2, 0.25) is 10.0 Å². The van der Waals surface area contributed by atoms with Gasteiger partial charge in [0.1, 0.15) is 5.75 Å². The molecule has 0 bridgehead atoms. The van der Waals surface area contributed by atoms with E-state index in [1.165, 1.54) is 30.3 Å². The molecule has 2 aromatic carbocycles. The summed E-state index contributed by atoms with van der Waals surface area (Å²) in [6, 6.07) is 6.82. The Morgan fingerprint density at radius 2 is 1.75 bits per heavy atom. The summed E-state index contributed by atoms with van der Waals surface area (Å²) in [6.07, 6.45) is 0. The number of ether oxygens (including phenoxy) is 1. The fourth-order valence-electron chi connectivity index (χ4n) is 1.68. The summed E-state index contributed by atoms with van der Waals surface area (Å²) in [5, 5.41) is 3.40. The quantitative estimate of drug-likeness (QED) is 0.876. The number of nitrogens with one attached hydrogen (secondary N) is 1. The van der Waals surface area contributed by atoms with E-state index in [1.807, 2.05) is 0 Å². The summed E-state index contributed by atoms with van der Waals surface area (Å²) in [6.45, 7) is 0.357. The molecule has 0 saturated heterocycles. The Morgan fingerprint density at radius 1 is 1.10 bits per heavy atom. The molecule has 2 nitrogen and oxygen atoms in total. The van der Waals surface area contributed by atoms with E-state index in [0.29, 0.717) is 17.1 Å². The van der Waals surface area contributed by atoms with Crippen LogP contribution in [0.1, 0.15) is 5.56 Å². The van der Waals surface area contributed by atoms with Crippen molar-refractivity contribution in [2.45, 2.75) is 6.54 Å². The first kappa shape index (κ1) is 15.0. The smallest absolute Gasteiger partial charge is 0.198 e. The van der Waals surface area contributed by atoms with Crippen molar-refractivity contribution in [2.24, 2.45) is 0 Å². The van der Waals surface area contributed by atoms with E-state index in [1.54, 1.807) is 7.05 Å². The van der Waals surface area contributed by atoms with Gasteiger partial charge in [-0.1, -0.05) is 23.2 Å². The van der Waals surface area contributed by atoms with Gasteiger partial charge in [0.05, 0.1) is 5.02 Å². The molecule has 0 atom stereocenters. The molecule has 0 fully saturated rings. The Morgan fingerprint density at radius 3 is 2.30 bits per heavy atom. The minimum absolute atomic E-state index is 0.134. The molecule has 20 heavy (non-hydrogen) atoms. The second-order valence-electron chi connectivity index (χ2n) is 4.10. The second kappa shape index (κ2) is 6.39. The van der Waals surface area contributed by atoms with Gasteiger partial charge in [0, 0.05) is 11.6 Å². The standard InChI is InChI=1S/C14H11Cl2F2NO/c1-19-7-8-4-11(17)14(12(18)5-8)20-13-3-2-9(15)6-10(13)16/h2-6,19H,7H2,1H3. The molecule has 0 unspecified atom stereocenters.